The lowest BCUT2D eigenvalue weighted by molar-refractivity contribution is 0.102. The van der Waals surface area contributed by atoms with Gasteiger partial charge in [-0.3, -0.25) is 9.69 Å². The van der Waals surface area contributed by atoms with E-state index >= 15 is 0 Å². The van der Waals surface area contributed by atoms with Crippen LogP contribution in [0.4, 0.5) is 5.69 Å². The van der Waals surface area contributed by atoms with Crippen molar-refractivity contribution < 1.29 is 4.79 Å². The Morgan fingerprint density at radius 1 is 1.10 bits per heavy atom. The average Bonchev–Trinajstić information content (AvgIpc) is 3.06. The number of anilines is 1. The summed E-state index contributed by atoms with van der Waals surface area (Å²) in [6.45, 7) is 9.59. The molecule has 29 heavy (non-hydrogen) atoms. The van der Waals surface area contributed by atoms with Crippen LogP contribution < -0.4 is 5.32 Å². The summed E-state index contributed by atoms with van der Waals surface area (Å²) < 4.78 is 2.33. The number of likely N-dealkylation sites (tertiary alicyclic amines) is 1. The van der Waals surface area contributed by atoms with E-state index in [1.54, 1.807) is 0 Å². The fourth-order valence-corrected chi connectivity index (χ4v) is 4.22. The highest BCUT2D eigenvalue weighted by Crippen LogP contribution is 2.26. The van der Waals surface area contributed by atoms with E-state index in [0.29, 0.717) is 11.6 Å². The van der Waals surface area contributed by atoms with E-state index in [4.69, 9.17) is 4.98 Å². The van der Waals surface area contributed by atoms with Crippen LogP contribution in [0.25, 0.3) is 11.0 Å². The molecule has 2 aromatic carbocycles. The molecule has 1 N–H and O–H groups in total. The first-order valence-electron chi connectivity index (χ1n) is 10.6. The number of fused-ring (bicyclic) bond motifs is 1. The van der Waals surface area contributed by atoms with Gasteiger partial charge in [0.15, 0.2) is 0 Å². The van der Waals surface area contributed by atoms with Gasteiger partial charge in [-0.05, 0) is 77.0 Å². The number of nitrogens with one attached hydrogen (secondary N) is 1. The van der Waals surface area contributed by atoms with Crippen LogP contribution in [0.2, 0.25) is 0 Å². The number of aryl methyl sites for hydroxylation is 1. The number of rotatable bonds is 5. The molecule has 0 atom stereocenters. The second-order valence-electron chi connectivity index (χ2n) is 8.36. The Kier molecular flexibility index (Phi) is 5.67. The van der Waals surface area contributed by atoms with Crippen LogP contribution in [-0.4, -0.2) is 33.4 Å². The highest BCUT2D eigenvalue weighted by atomic mass is 16.1. The molecule has 1 fully saturated rings. The first-order valence-corrected chi connectivity index (χ1v) is 10.6. The molecule has 0 bridgehead atoms. The van der Waals surface area contributed by atoms with E-state index < -0.39 is 0 Å². The highest BCUT2D eigenvalue weighted by Gasteiger charge is 2.18. The van der Waals surface area contributed by atoms with E-state index in [2.05, 4.69) is 34.7 Å². The highest BCUT2D eigenvalue weighted by molar-refractivity contribution is 6.05. The summed E-state index contributed by atoms with van der Waals surface area (Å²) in [4.78, 5) is 20.1. The minimum Gasteiger partial charge on any atom is -0.324 e. The van der Waals surface area contributed by atoms with Crippen LogP contribution in [0.5, 0.6) is 0 Å². The number of benzene rings is 2. The molecular formula is C24H30N4O. The molecule has 1 aromatic heterocycles. The SMILES string of the molecule is Cc1cccc(C(=O)Nc2ccc3c(c2)nc(CN2CCCCC2)n3C(C)C)c1. The van der Waals surface area contributed by atoms with Gasteiger partial charge in [-0.15, -0.1) is 0 Å². The quantitative estimate of drug-likeness (QED) is 0.654. The third-order valence-corrected chi connectivity index (χ3v) is 5.63. The number of hydrogen-bond donors (Lipinski definition) is 1. The standard InChI is InChI=1S/C24H30N4O/c1-17(2)28-22-11-10-20(25-24(29)19-9-7-8-18(3)14-19)15-21(22)26-23(28)16-27-12-5-4-6-13-27/h7-11,14-15,17H,4-6,12-13,16H2,1-3H3,(H,25,29). The maximum atomic E-state index is 12.6. The summed E-state index contributed by atoms with van der Waals surface area (Å²) in [7, 11) is 0. The van der Waals surface area contributed by atoms with Crippen molar-refractivity contribution >= 4 is 22.6 Å². The first kappa shape index (κ1) is 19.6. The fourth-order valence-electron chi connectivity index (χ4n) is 4.22. The van der Waals surface area contributed by atoms with E-state index in [0.717, 1.165) is 47.7 Å². The summed E-state index contributed by atoms with van der Waals surface area (Å²) >= 11 is 0. The molecule has 0 saturated carbocycles. The summed E-state index contributed by atoms with van der Waals surface area (Å²) in [6.07, 6.45) is 3.88. The molecule has 1 aliphatic heterocycles. The Balaban J connectivity index is 1.60. The predicted octanol–water partition coefficient (Wildman–Crippen LogP) is 5.16. The summed E-state index contributed by atoms with van der Waals surface area (Å²) in [5.41, 5.74) is 4.59. The van der Waals surface area contributed by atoms with Crippen molar-refractivity contribution in [3.8, 4) is 0 Å². The third kappa shape index (κ3) is 4.35. The fraction of sp³-hybridized carbons (Fsp3) is 0.417. The molecule has 4 rings (SSSR count). The second-order valence-corrected chi connectivity index (χ2v) is 8.36. The molecule has 1 saturated heterocycles. The second kappa shape index (κ2) is 8.37. The Labute approximate surface area is 172 Å². The van der Waals surface area contributed by atoms with Crippen molar-refractivity contribution in [2.75, 3.05) is 18.4 Å². The van der Waals surface area contributed by atoms with Gasteiger partial charge in [-0.1, -0.05) is 24.1 Å². The minimum atomic E-state index is -0.0927. The van der Waals surface area contributed by atoms with Gasteiger partial charge in [0.05, 0.1) is 17.6 Å². The van der Waals surface area contributed by atoms with Gasteiger partial charge in [-0.25, -0.2) is 4.98 Å². The maximum absolute atomic E-state index is 12.6. The summed E-state index contributed by atoms with van der Waals surface area (Å²) in [5.74, 6) is 1.02. The number of imidazole rings is 1. The topological polar surface area (TPSA) is 50.2 Å². The molecule has 5 nitrogen and oxygen atoms in total. The van der Waals surface area contributed by atoms with Crippen LogP contribution in [0.1, 0.15) is 60.9 Å². The third-order valence-electron chi connectivity index (χ3n) is 5.63. The van der Waals surface area contributed by atoms with Crippen LogP contribution >= 0.6 is 0 Å². The normalized spacial score (nSPS) is 15.2. The Bertz CT molecular complexity index is 1010. The Hall–Kier alpha value is -2.66. The van der Waals surface area contributed by atoms with E-state index in [1.807, 2.05) is 43.3 Å². The van der Waals surface area contributed by atoms with Crippen LogP contribution in [0.3, 0.4) is 0 Å². The van der Waals surface area contributed by atoms with Crippen LogP contribution in [0.15, 0.2) is 42.5 Å². The molecule has 2 heterocycles. The van der Waals surface area contributed by atoms with Crippen LogP contribution in [0, 0.1) is 6.92 Å². The summed E-state index contributed by atoms with van der Waals surface area (Å²) in [6, 6.07) is 14.0. The number of amides is 1. The van der Waals surface area contributed by atoms with Crippen molar-refractivity contribution in [1.82, 2.24) is 14.5 Å². The molecule has 3 aromatic rings. The number of piperidine rings is 1. The molecule has 1 aliphatic rings. The molecule has 1 amide bonds. The van der Waals surface area contributed by atoms with E-state index in [1.165, 1.54) is 19.3 Å². The first-order chi connectivity index (χ1) is 14.0. The maximum Gasteiger partial charge on any atom is 0.255 e. The van der Waals surface area contributed by atoms with Crippen molar-refractivity contribution in [2.45, 2.75) is 52.6 Å². The smallest absolute Gasteiger partial charge is 0.255 e. The van der Waals surface area contributed by atoms with Crippen molar-refractivity contribution in [3.63, 3.8) is 0 Å². The number of carbonyl (C=O) groups is 1. The monoisotopic (exact) mass is 390 g/mol. The van der Waals surface area contributed by atoms with Gasteiger partial charge >= 0.3 is 0 Å². The summed E-state index contributed by atoms with van der Waals surface area (Å²) in [5, 5.41) is 3.02. The molecule has 5 heteroatoms. The van der Waals surface area contributed by atoms with Crippen molar-refractivity contribution in [3.05, 3.63) is 59.4 Å². The minimum absolute atomic E-state index is 0.0927. The number of nitrogens with zero attached hydrogens (tertiary/aromatic N) is 3. The van der Waals surface area contributed by atoms with Gasteiger partial charge in [0.2, 0.25) is 0 Å². The molecular weight excluding hydrogens is 360 g/mol. The molecule has 152 valence electrons. The zero-order valence-corrected chi connectivity index (χ0v) is 17.6. The lowest BCUT2D eigenvalue weighted by Crippen LogP contribution is -2.30. The van der Waals surface area contributed by atoms with Crippen molar-refractivity contribution in [1.29, 1.82) is 0 Å². The van der Waals surface area contributed by atoms with Gasteiger partial charge in [-0.2, -0.15) is 0 Å². The lowest BCUT2D eigenvalue weighted by Gasteiger charge is -2.26. The van der Waals surface area contributed by atoms with Gasteiger partial charge in [0.1, 0.15) is 5.82 Å². The Morgan fingerprint density at radius 2 is 1.90 bits per heavy atom. The lowest BCUT2D eigenvalue weighted by atomic mass is 10.1. The van der Waals surface area contributed by atoms with Gasteiger partial charge in [0.25, 0.3) is 5.91 Å². The molecule has 0 radical (unpaired) electrons. The van der Waals surface area contributed by atoms with Crippen molar-refractivity contribution in [2.24, 2.45) is 0 Å². The number of aromatic nitrogens is 2. The predicted molar refractivity (Wildman–Crippen MR) is 118 cm³/mol. The molecule has 0 unspecified atom stereocenters. The van der Waals surface area contributed by atoms with E-state index in [9.17, 15) is 4.79 Å². The zero-order valence-electron chi connectivity index (χ0n) is 17.6. The van der Waals surface area contributed by atoms with Gasteiger partial charge in [0, 0.05) is 17.3 Å². The number of carbonyl (C=O) groups excluding carboxylic acids is 1. The number of hydrogen-bond acceptors (Lipinski definition) is 3. The van der Waals surface area contributed by atoms with E-state index in [-0.39, 0.29) is 5.91 Å². The van der Waals surface area contributed by atoms with Gasteiger partial charge < -0.3 is 9.88 Å². The average molecular weight is 391 g/mol. The molecule has 0 spiro atoms. The Morgan fingerprint density at radius 3 is 2.62 bits per heavy atom. The largest absolute Gasteiger partial charge is 0.324 e. The zero-order chi connectivity index (χ0) is 20.4. The molecule has 0 aliphatic carbocycles. The van der Waals surface area contributed by atoms with Crippen LogP contribution in [-0.2, 0) is 6.54 Å².